The fraction of sp³-hybridized carbons (Fsp3) is 0.200. The lowest BCUT2D eigenvalue weighted by atomic mass is 9.76. The maximum absolute atomic E-state index is 9.13. The van der Waals surface area contributed by atoms with Gasteiger partial charge in [0.05, 0.1) is 0 Å². The molecule has 0 fully saturated rings. The molecule has 4 nitrogen and oxygen atoms in total. The molecule has 2 rings (SSSR count). The average molecular weight is 206 g/mol. The minimum Gasteiger partial charge on any atom is -0.455 e. The molecule has 1 aliphatic rings. The highest BCUT2D eigenvalue weighted by molar-refractivity contribution is 6.59. The number of hydrogen-bond donors (Lipinski definition) is 2. The van der Waals surface area contributed by atoms with Gasteiger partial charge in [-0.05, 0) is 12.4 Å². The summed E-state index contributed by atoms with van der Waals surface area (Å²) in [6, 6.07) is 5.30. The van der Waals surface area contributed by atoms with E-state index in [-0.39, 0.29) is 0 Å². The first kappa shape index (κ1) is 10.1. The van der Waals surface area contributed by atoms with E-state index < -0.39 is 13.4 Å². The lowest BCUT2D eigenvalue weighted by Crippen LogP contribution is -2.32. The maximum Gasteiger partial charge on any atom is 0.488 e. The van der Waals surface area contributed by atoms with E-state index in [1.165, 1.54) is 12.5 Å². The zero-order chi connectivity index (χ0) is 10.8. The van der Waals surface area contributed by atoms with Crippen LogP contribution in [-0.2, 0) is 9.47 Å². The van der Waals surface area contributed by atoms with Gasteiger partial charge in [-0.2, -0.15) is 0 Å². The van der Waals surface area contributed by atoms with Gasteiger partial charge in [0.2, 0.25) is 0 Å². The number of aryl methyl sites for hydroxylation is 1. The highest BCUT2D eigenvalue weighted by atomic mass is 16.7. The molecule has 1 aromatic carbocycles. The highest BCUT2D eigenvalue weighted by Gasteiger charge is 2.20. The summed E-state index contributed by atoms with van der Waals surface area (Å²) in [6.07, 6.45) is 2.43. The molecular weight excluding hydrogens is 195 g/mol. The third kappa shape index (κ3) is 1.98. The van der Waals surface area contributed by atoms with Gasteiger partial charge in [0.25, 0.3) is 6.29 Å². The summed E-state index contributed by atoms with van der Waals surface area (Å²) in [5.41, 5.74) is 2.04. The molecule has 0 spiro atoms. The van der Waals surface area contributed by atoms with Gasteiger partial charge in [-0.25, -0.2) is 0 Å². The zero-order valence-corrected chi connectivity index (χ0v) is 8.25. The molecular formula is C10H11BO4. The van der Waals surface area contributed by atoms with Crippen LogP contribution in [0.1, 0.15) is 17.4 Å². The number of rotatable bonds is 2. The van der Waals surface area contributed by atoms with E-state index in [0.717, 1.165) is 11.1 Å². The van der Waals surface area contributed by atoms with Crippen molar-refractivity contribution in [2.24, 2.45) is 0 Å². The molecule has 1 heterocycles. The Balaban J connectivity index is 2.29. The molecule has 0 aliphatic carbocycles. The minimum absolute atomic E-state index is 0.464. The number of benzene rings is 1. The first-order valence-corrected chi connectivity index (χ1v) is 4.61. The normalized spacial score (nSPS) is 14.9. The molecule has 0 saturated heterocycles. The third-order valence-corrected chi connectivity index (χ3v) is 2.31. The van der Waals surface area contributed by atoms with E-state index >= 15 is 0 Å². The number of hydrogen-bond acceptors (Lipinski definition) is 4. The molecule has 0 atom stereocenters. The largest absolute Gasteiger partial charge is 0.488 e. The van der Waals surface area contributed by atoms with E-state index in [2.05, 4.69) is 0 Å². The smallest absolute Gasteiger partial charge is 0.455 e. The van der Waals surface area contributed by atoms with Gasteiger partial charge in [0.15, 0.2) is 0 Å². The predicted octanol–water partition coefficient (Wildman–Crippen LogP) is 0.191. The Morgan fingerprint density at radius 3 is 2.47 bits per heavy atom. The van der Waals surface area contributed by atoms with Crippen LogP contribution < -0.4 is 5.46 Å². The van der Waals surface area contributed by atoms with Crippen molar-refractivity contribution in [2.45, 2.75) is 13.2 Å². The van der Waals surface area contributed by atoms with E-state index in [9.17, 15) is 0 Å². The summed E-state index contributed by atoms with van der Waals surface area (Å²) in [5.74, 6) is 0. The minimum atomic E-state index is -1.47. The Morgan fingerprint density at radius 2 is 1.87 bits per heavy atom. The Kier molecular flexibility index (Phi) is 2.66. The van der Waals surface area contributed by atoms with Crippen LogP contribution in [0.5, 0.6) is 0 Å². The Labute approximate surface area is 87.9 Å². The van der Waals surface area contributed by atoms with Crippen LogP contribution in [0.4, 0.5) is 0 Å². The lowest BCUT2D eigenvalue weighted by molar-refractivity contribution is -0.0245. The van der Waals surface area contributed by atoms with Crippen molar-refractivity contribution in [3.05, 3.63) is 41.9 Å². The van der Waals surface area contributed by atoms with E-state index in [0.29, 0.717) is 5.46 Å². The summed E-state index contributed by atoms with van der Waals surface area (Å²) < 4.78 is 10.3. The van der Waals surface area contributed by atoms with Crippen LogP contribution in [-0.4, -0.2) is 17.2 Å². The second kappa shape index (κ2) is 3.96. The molecule has 1 aromatic rings. The molecule has 0 radical (unpaired) electrons. The van der Waals surface area contributed by atoms with E-state index in [1.54, 1.807) is 12.1 Å². The second-order valence-corrected chi connectivity index (χ2v) is 3.37. The van der Waals surface area contributed by atoms with E-state index in [4.69, 9.17) is 19.5 Å². The molecule has 0 unspecified atom stereocenters. The van der Waals surface area contributed by atoms with E-state index in [1.807, 2.05) is 13.0 Å². The highest BCUT2D eigenvalue weighted by Crippen LogP contribution is 2.23. The van der Waals surface area contributed by atoms with Crippen molar-refractivity contribution in [2.75, 3.05) is 0 Å². The Hall–Kier alpha value is -1.46. The zero-order valence-electron chi connectivity index (χ0n) is 8.25. The monoisotopic (exact) mass is 206 g/mol. The summed E-state index contributed by atoms with van der Waals surface area (Å²) in [5, 5.41) is 18.3. The van der Waals surface area contributed by atoms with Crippen molar-refractivity contribution >= 4 is 12.6 Å². The molecule has 5 heteroatoms. The van der Waals surface area contributed by atoms with Crippen LogP contribution in [0.25, 0.3) is 0 Å². The van der Waals surface area contributed by atoms with Gasteiger partial charge in [0, 0.05) is 5.56 Å². The summed E-state index contributed by atoms with van der Waals surface area (Å²) in [4.78, 5) is 0. The predicted molar refractivity (Wildman–Crippen MR) is 55.1 cm³/mol. The van der Waals surface area contributed by atoms with Gasteiger partial charge in [-0.3, -0.25) is 0 Å². The van der Waals surface area contributed by atoms with Gasteiger partial charge in [-0.15, -0.1) is 0 Å². The topological polar surface area (TPSA) is 58.9 Å². The molecule has 1 aliphatic heterocycles. The molecule has 15 heavy (non-hydrogen) atoms. The Morgan fingerprint density at radius 1 is 1.20 bits per heavy atom. The van der Waals surface area contributed by atoms with Crippen molar-refractivity contribution < 1.29 is 19.5 Å². The molecule has 2 N–H and O–H groups in total. The fourth-order valence-electron chi connectivity index (χ4n) is 1.48. The lowest BCUT2D eigenvalue weighted by Gasteiger charge is -2.13. The van der Waals surface area contributed by atoms with Crippen LogP contribution >= 0.6 is 0 Å². The fourth-order valence-corrected chi connectivity index (χ4v) is 1.48. The third-order valence-electron chi connectivity index (χ3n) is 2.31. The summed E-state index contributed by atoms with van der Waals surface area (Å²) in [6.45, 7) is 1.81. The van der Waals surface area contributed by atoms with Gasteiger partial charge >= 0.3 is 7.12 Å². The summed E-state index contributed by atoms with van der Waals surface area (Å²) >= 11 is 0. The first-order valence-electron chi connectivity index (χ1n) is 4.61. The van der Waals surface area contributed by atoms with Crippen molar-refractivity contribution in [1.82, 2.24) is 0 Å². The Bertz CT molecular complexity index is 381. The van der Waals surface area contributed by atoms with Crippen LogP contribution in [0, 0.1) is 6.92 Å². The van der Waals surface area contributed by atoms with Gasteiger partial charge in [-0.1, -0.05) is 23.8 Å². The van der Waals surface area contributed by atoms with Crippen LogP contribution in [0.3, 0.4) is 0 Å². The quantitative estimate of drug-likeness (QED) is 0.678. The average Bonchev–Trinajstić information content (AvgIpc) is 2.71. The molecule has 78 valence electrons. The SMILES string of the molecule is Cc1ccc(C2OC=CO2)cc1B(O)O. The van der Waals surface area contributed by atoms with Gasteiger partial charge < -0.3 is 19.5 Å². The maximum atomic E-state index is 9.13. The molecule has 0 bridgehead atoms. The van der Waals surface area contributed by atoms with Crippen LogP contribution in [0.2, 0.25) is 0 Å². The van der Waals surface area contributed by atoms with Crippen molar-refractivity contribution in [1.29, 1.82) is 0 Å². The molecule has 0 aromatic heterocycles. The second-order valence-electron chi connectivity index (χ2n) is 3.37. The molecule has 0 amide bonds. The van der Waals surface area contributed by atoms with Crippen LogP contribution in [0.15, 0.2) is 30.7 Å². The van der Waals surface area contributed by atoms with Crippen molar-refractivity contribution in [3.63, 3.8) is 0 Å². The first-order chi connectivity index (χ1) is 7.18. The standard InChI is InChI=1S/C10H11BO4/c1-7-2-3-8(6-9(7)11(12)13)10-14-4-5-15-10/h2-6,10,12-13H,1H3. The van der Waals surface area contributed by atoms with Gasteiger partial charge in [0.1, 0.15) is 12.5 Å². The number of ether oxygens (including phenoxy) is 2. The summed E-state index contributed by atoms with van der Waals surface area (Å²) in [7, 11) is -1.47. The van der Waals surface area contributed by atoms with Crippen molar-refractivity contribution in [3.8, 4) is 0 Å². The molecule has 0 saturated carbocycles.